The van der Waals surface area contributed by atoms with Crippen LogP contribution in [0.5, 0.6) is 5.75 Å². The van der Waals surface area contributed by atoms with Gasteiger partial charge in [-0.25, -0.2) is 8.42 Å². The highest BCUT2D eigenvalue weighted by Gasteiger charge is 2.48. The predicted molar refractivity (Wildman–Crippen MR) is 84.9 cm³/mol. The van der Waals surface area contributed by atoms with Crippen molar-refractivity contribution in [1.29, 1.82) is 0 Å². The number of hydrogen-bond acceptors (Lipinski definition) is 4. The third kappa shape index (κ3) is 2.48. The van der Waals surface area contributed by atoms with E-state index in [1.165, 1.54) is 0 Å². The summed E-state index contributed by atoms with van der Waals surface area (Å²) in [5, 5.41) is 0. The molecule has 2 heterocycles. The van der Waals surface area contributed by atoms with Crippen LogP contribution >= 0.6 is 0 Å². The molecule has 0 spiro atoms. The predicted octanol–water partition coefficient (Wildman–Crippen LogP) is 2.14. The van der Waals surface area contributed by atoms with Gasteiger partial charge in [0.2, 0.25) is 10.0 Å². The zero-order valence-corrected chi connectivity index (χ0v) is 14.0. The average molecular weight is 335 g/mol. The van der Waals surface area contributed by atoms with Crippen LogP contribution in [0.3, 0.4) is 0 Å². The minimum atomic E-state index is -3.66. The molecular weight excluding hydrogens is 314 g/mol. The Labute approximate surface area is 136 Å². The Morgan fingerprint density at radius 3 is 2.74 bits per heavy atom. The van der Waals surface area contributed by atoms with Crippen molar-refractivity contribution in [3.8, 4) is 5.75 Å². The van der Waals surface area contributed by atoms with Gasteiger partial charge in [0.25, 0.3) is 0 Å². The van der Waals surface area contributed by atoms with Crippen molar-refractivity contribution < 1.29 is 17.9 Å². The summed E-state index contributed by atoms with van der Waals surface area (Å²) in [4.78, 5) is 12.2. The highest BCUT2D eigenvalue weighted by molar-refractivity contribution is 7.89. The number of sulfonamides is 1. The zero-order valence-electron chi connectivity index (χ0n) is 13.2. The topological polar surface area (TPSA) is 63.7 Å². The van der Waals surface area contributed by atoms with Crippen LogP contribution < -0.4 is 4.74 Å². The lowest BCUT2D eigenvalue weighted by Crippen LogP contribution is -2.52. The van der Waals surface area contributed by atoms with Crippen LogP contribution in [0.1, 0.15) is 38.2 Å². The van der Waals surface area contributed by atoms with Gasteiger partial charge < -0.3 is 4.74 Å². The van der Waals surface area contributed by atoms with Gasteiger partial charge in [-0.15, -0.1) is 0 Å². The SMILES string of the molecule is C[C@@H]1CC(=O)C[C@@H](C2CC2)N1S(=O)(=O)c1cccc2c1OCC2. The van der Waals surface area contributed by atoms with Crippen molar-refractivity contribution >= 4 is 15.8 Å². The molecule has 4 rings (SSSR count). The summed E-state index contributed by atoms with van der Waals surface area (Å²) >= 11 is 0. The first-order valence-corrected chi connectivity index (χ1v) is 9.72. The van der Waals surface area contributed by atoms with Gasteiger partial charge in [-0.2, -0.15) is 4.31 Å². The van der Waals surface area contributed by atoms with E-state index in [9.17, 15) is 13.2 Å². The standard InChI is InChI=1S/C17H21NO4S/c1-11-9-14(19)10-15(12-5-6-12)18(11)23(20,21)16-4-2-3-13-7-8-22-17(13)16/h2-4,11-12,15H,5-10H2,1H3/t11-,15+/m1/s1. The molecule has 1 saturated heterocycles. The summed E-state index contributed by atoms with van der Waals surface area (Å²) < 4.78 is 33.9. The first-order chi connectivity index (χ1) is 11.0. The monoisotopic (exact) mass is 335 g/mol. The molecule has 3 aliphatic rings. The number of rotatable bonds is 3. The molecule has 2 atom stereocenters. The van der Waals surface area contributed by atoms with Gasteiger partial charge in [-0.05, 0) is 37.3 Å². The number of fused-ring (bicyclic) bond motifs is 1. The molecule has 1 aromatic rings. The van der Waals surface area contributed by atoms with Crippen LogP contribution in [-0.2, 0) is 21.2 Å². The highest BCUT2D eigenvalue weighted by atomic mass is 32.2. The van der Waals surface area contributed by atoms with Crippen LogP contribution in [0.25, 0.3) is 0 Å². The van der Waals surface area contributed by atoms with Crippen molar-refractivity contribution in [2.24, 2.45) is 5.92 Å². The maximum absolute atomic E-state index is 13.3. The number of carbonyl (C=O) groups excluding carboxylic acids is 1. The third-order valence-electron chi connectivity index (χ3n) is 5.12. The number of carbonyl (C=O) groups is 1. The summed E-state index contributed by atoms with van der Waals surface area (Å²) in [6, 6.07) is 4.86. The molecule has 0 bridgehead atoms. The number of piperidine rings is 1. The van der Waals surface area contributed by atoms with Gasteiger partial charge in [0.05, 0.1) is 6.61 Å². The summed E-state index contributed by atoms with van der Waals surface area (Å²) in [6.45, 7) is 2.37. The van der Waals surface area contributed by atoms with Crippen molar-refractivity contribution in [3.63, 3.8) is 0 Å². The molecule has 6 heteroatoms. The van der Waals surface area contributed by atoms with Crippen LogP contribution in [0, 0.1) is 5.92 Å². The molecule has 0 unspecified atom stereocenters. The highest BCUT2D eigenvalue weighted by Crippen LogP contribution is 2.44. The van der Waals surface area contributed by atoms with E-state index < -0.39 is 10.0 Å². The van der Waals surface area contributed by atoms with Gasteiger partial charge in [0, 0.05) is 31.3 Å². The van der Waals surface area contributed by atoms with E-state index in [2.05, 4.69) is 0 Å². The van der Waals surface area contributed by atoms with Gasteiger partial charge in [-0.3, -0.25) is 4.79 Å². The first kappa shape index (κ1) is 15.1. The van der Waals surface area contributed by atoms with E-state index in [-0.39, 0.29) is 22.8 Å². The number of hydrogen-bond donors (Lipinski definition) is 0. The molecule has 5 nitrogen and oxygen atoms in total. The minimum Gasteiger partial charge on any atom is -0.492 e. The Morgan fingerprint density at radius 2 is 2.00 bits per heavy atom. The molecular formula is C17H21NO4S. The van der Waals surface area contributed by atoms with Gasteiger partial charge in [0.1, 0.15) is 16.4 Å². The number of Topliss-reactive ketones (excluding diaryl/α,β-unsaturated/α-hetero) is 1. The van der Waals surface area contributed by atoms with Crippen molar-refractivity contribution in [1.82, 2.24) is 4.31 Å². The Bertz CT molecular complexity index is 754. The van der Waals surface area contributed by atoms with Gasteiger partial charge >= 0.3 is 0 Å². The smallest absolute Gasteiger partial charge is 0.247 e. The largest absolute Gasteiger partial charge is 0.492 e. The number of nitrogens with zero attached hydrogens (tertiary/aromatic N) is 1. The number of ketones is 1. The molecule has 23 heavy (non-hydrogen) atoms. The van der Waals surface area contributed by atoms with Crippen molar-refractivity contribution in [2.75, 3.05) is 6.61 Å². The van der Waals surface area contributed by atoms with Gasteiger partial charge in [-0.1, -0.05) is 12.1 Å². The zero-order chi connectivity index (χ0) is 16.2. The summed E-state index contributed by atoms with van der Waals surface area (Å²) in [5.74, 6) is 1.01. The second-order valence-corrected chi connectivity index (χ2v) is 8.69. The Morgan fingerprint density at radius 1 is 1.22 bits per heavy atom. The van der Waals surface area contributed by atoms with E-state index in [1.807, 2.05) is 13.0 Å². The molecule has 2 fully saturated rings. The minimum absolute atomic E-state index is 0.176. The Kier molecular flexibility index (Phi) is 3.50. The van der Waals surface area contributed by atoms with Gasteiger partial charge in [0.15, 0.2) is 0 Å². The van der Waals surface area contributed by atoms with E-state index in [1.54, 1.807) is 16.4 Å². The lowest BCUT2D eigenvalue weighted by molar-refractivity contribution is -0.123. The first-order valence-electron chi connectivity index (χ1n) is 8.28. The number of ether oxygens (including phenoxy) is 1. The van der Waals surface area contributed by atoms with E-state index in [4.69, 9.17) is 4.74 Å². The normalized spacial score (nSPS) is 28.5. The molecule has 2 aliphatic heterocycles. The van der Waals surface area contributed by atoms with Crippen LogP contribution in [0.2, 0.25) is 0 Å². The molecule has 124 valence electrons. The molecule has 0 radical (unpaired) electrons. The summed E-state index contributed by atoms with van der Waals surface area (Å²) in [5.41, 5.74) is 0.954. The summed E-state index contributed by atoms with van der Waals surface area (Å²) in [6.07, 6.45) is 3.43. The molecule has 1 aliphatic carbocycles. The fourth-order valence-corrected chi connectivity index (χ4v) is 5.98. The quantitative estimate of drug-likeness (QED) is 0.849. The molecule has 0 N–H and O–H groups in total. The fourth-order valence-electron chi connectivity index (χ4n) is 3.93. The molecule has 1 aromatic carbocycles. The van der Waals surface area contributed by atoms with E-state index in [0.717, 1.165) is 24.8 Å². The average Bonchev–Trinajstić information content (AvgIpc) is 3.22. The van der Waals surface area contributed by atoms with Crippen molar-refractivity contribution in [3.05, 3.63) is 23.8 Å². The lowest BCUT2D eigenvalue weighted by Gasteiger charge is -2.39. The fraction of sp³-hybridized carbons (Fsp3) is 0.588. The summed E-state index contributed by atoms with van der Waals surface area (Å²) in [7, 11) is -3.66. The van der Waals surface area contributed by atoms with Crippen molar-refractivity contribution in [2.45, 2.75) is 56.0 Å². The van der Waals surface area contributed by atoms with Crippen LogP contribution in [-0.4, -0.2) is 37.2 Å². The third-order valence-corrected chi connectivity index (χ3v) is 7.18. The second kappa shape index (κ2) is 5.31. The lowest BCUT2D eigenvalue weighted by atomic mass is 9.95. The second-order valence-electron chi connectivity index (χ2n) is 6.88. The number of benzene rings is 1. The molecule has 1 saturated carbocycles. The maximum atomic E-state index is 13.3. The number of para-hydroxylation sites is 1. The van der Waals surface area contributed by atoms with E-state index in [0.29, 0.717) is 31.1 Å². The Hall–Kier alpha value is -1.40. The van der Waals surface area contributed by atoms with Crippen LogP contribution in [0.4, 0.5) is 0 Å². The molecule has 0 aromatic heterocycles. The van der Waals surface area contributed by atoms with E-state index >= 15 is 0 Å². The molecule has 0 amide bonds. The van der Waals surface area contributed by atoms with Crippen LogP contribution in [0.15, 0.2) is 23.1 Å². The Balaban J connectivity index is 1.78. The maximum Gasteiger partial charge on any atom is 0.247 e.